The summed E-state index contributed by atoms with van der Waals surface area (Å²) in [6.07, 6.45) is 2.67. The fraction of sp³-hybridized carbons (Fsp3) is 0.182. The van der Waals surface area contributed by atoms with Gasteiger partial charge in [0.1, 0.15) is 0 Å². The molecular formula is C11H12BrNO2. The van der Waals surface area contributed by atoms with Gasteiger partial charge >= 0.3 is 5.97 Å². The number of aliphatic carboxylic acids is 1. The maximum Gasteiger partial charge on any atom is 0.329 e. The van der Waals surface area contributed by atoms with Crippen molar-refractivity contribution in [2.75, 3.05) is 7.05 Å². The first kappa shape index (κ1) is 11.8. The number of carboxylic acid groups (broad SMARTS) is 1. The zero-order valence-electron chi connectivity index (χ0n) is 8.35. The minimum atomic E-state index is -0.934. The van der Waals surface area contributed by atoms with E-state index in [0.29, 0.717) is 6.54 Å². The molecule has 1 rings (SSSR count). The molecule has 4 heteroatoms. The number of benzene rings is 1. The van der Waals surface area contributed by atoms with Crippen molar-refractivity contribution in [1.82, 2.24) is 4.90 Å². The summed E-state index contributed by atoms with van der Waals surface area (Å²) in [5.74, 6) is -0.934. The van der Waals surface area contributed by atoms with Gasteiger partial charge in [0, 0.05) is 30.3 Å². The Kier molecular flexibility index (Phi) is 4.37. The number of carboxylic acids is 1. The first-order chi connectivity index (χ1) is 7.08. The van der Waals surface area contributed by atoms with Crippen molar-refractivity contribution in [2.45, 2.75) is 6.54 Å². The van der Waals surface area contributed by atoms with Gasteiger partial charge in [-0.3, -0.25) is 0 Å². The lowest BCUT2D eigenvalue weighted by Crippen LogP contribution is -2.10. The molecule has 0 aliphatic heterocycles. The third-order valence-corrected chi connectivity index (χ3v) is 2.29. The van der Waals surface area contributed by atoms with Crippen LogP contribution in [0.1, 0.15) is 5.56 Å². The van der Waals surface area contributed by atoms with E-state index in [2.05, 4.69) is 15.9 Å². The van der Waals surface area contributed by atoms with Crippen LogP contribution in [0.3, 0.4) is 0 Å². The zero-order chi connectivity index (χ0) is 11.3. The molecule has 0 fully saturated rings. The Balaban J connectivity index is 2.58. The van der Waals surface area contributed by atoms with Crippen LogP contribution in [0, 0.1) is 0 Å². The summed E-state index contributed by atoms with van der Waals surface area (Å²) < 4.78 is 1.02. The van der Waals surface area contributed by atoms with Gasteiger partial charge in [-0.25, -0.2) is 4.79 Å². The summed E-state index contributed by atoms with van der Waals surface area (Å²) in [7, 11) is 1.83. The Labute approximate surface area is 97.1 Å². The average Bonchev–Trinajstić information content (AvgIpc) is 2.15. The second-order valence-corrected chi connectivity index (χ2v) is 4.11. The molecule has 1 N–H and O–H groups in total. The fourth-order valence-electron chi connectivity index (χ4n) is 1.17. The molecule has 80 valence electrons. The summed E-state index contributed by atoms with van der Waals surface area (Å²) in [5.41, 5.74) is 1.13. The molecule has 0 saturated heterocycles. The first-order valence-corrected chi connectivity index (χ1v) is 5.23. The van der Waals surface area contributed by atoms with Crippen LogP contribution in [-0.4, -0.2) is 23.0 Å². The highest BCUT2D eigenvalue weighted by molar-refractivity contribution is 9.10. The largest absolute Gasteiger partial charge is 0.478 e. The Bertz CT molecular complexity index is 377. The highest BCUT2D eigenvalue weighted by Crippen LogP contribution is 2.12. The minimum absolute atomic E-state index is 0.684. The molecule has 0 aliphatic rings. The molecule has 15 heavy (non-hydrogen) atoms. The van der Waals surface area contributed by atoms with E-state index in [1.54, 1.807) is 6.20 Å². The van der Waals surface area contributed by atoms with Crippen LogP contribution in [0.15, 0.2) is 41.0 Å². The van der Waals surface area contributed by atoms with Crippen LogP contribution in [0.2, 0.25) is 0 Å². The maximum atomic E-state index is 10.3. The molecule has 0 aromatic heterocycles. The van der Waals surface area contributed by atoms with Crippen molar-refractivity contribution < 1.29 is 9.90 Å². The summed E-state index contributed by atoms with van der Waals surface area (Å²) in [6.45, 7) is 0.684. The van der Waals surface area contributed by atoms with E-state index in [1.165, 1.54) is 0 Å². The molecule has 1 aromatic carbocycles. The average molecular weight is 270 g/mol. The van der Waals surface area contributed by atoms with E-state index in [1.807, 2.05) is 36.2 Å². The molecule has 0 amide bonds. The molecule has 0 bridgehead atoms. The number of halogens is 1. The maximum absolute atomic E-state index is 10.3. The third kappa shape index (κ3) is 4.65. The predicted octanol–water partition coefficient (Wildman–Crippen LogP) is 2.48. The number of carbonyl (C=O) groups is 1. The second kappa shape index (κ2) is 5.56. The van der Waals surface area contributed by atoms with E-state index in [0.717, 1.165) is 16.1 Å². The lowest BCUT2D eigenvalue weighted by molar-refractivity contribution is -0.131. The number of hydrogen-bond acceptors (Lipinski definition) is 2. The first-order valence-electron chi connectivity index (χ1n) is 4.44. The van der Waals surface area contributed by atoms with Crippen LogP contribution in [0.5, 0.6) is 0 Å². The summed E-state index contributed by atoms with van der Waals surface area (Å²) in [6, 6.07) is 7.91. The van der Waals surface area contributed by atoms with Gasteiger partial charge in [0.25, 0.3) is 0 Å². The lowest BCUT2D eigenvalue weighted by Gasteiger charge is -2.13. The Morgan fingerprint density at radius 2 is 2.33 bits per heavy atom. The van der Waals surface area contributed by atoms with E-state index in [9.17, 15) is 4.79 Å². The molecule has 0 atom stereocenters. The van der Waals surface area contributed by atoms with Gasteiger partial charge in [-0.05, 0) is 17.7 Å². The number of nitrogens with zero attached hydrogens (tertiary/aromatic N) is 1. The molecule has 0 saturated carbocycles. The smallest absolute Gasteiger partial charge is 0.329 e. The normalized spacial score (nSPS) is 10.5. The van der Waals surface area contributed by atoms with Crippen LogP contribution in [-0.2, 0) is 11.3 Å². The van der Waals surface area contributed by atoms with Gasteiger partial charge in [-0.2, -0.15) is 0 Å². The van der Waals surface area contributed by atoms with Crippen molar-refractivity contribution in [1.29, 1.82) is 0 Å². The standard InChI is InChI=1S/C11H12BrNO2/c1-13(6-5-11(14)15)8-9-3-2-4-10(12)7-9/h2-7H,8H2,1H3,(H,14,15). The van der Waals surface area contributed by atoms with Gasteiger partial charge < -0.3 is 10.0 Å². The van der Waals surface area contributed by atoms with Crippen molar-refractivity contribution in [3.8, 4) is 0 Å². The predicted molar refractivity (Wildman–Crippen MR) is 62.4 cm³/mol. The van der Waals surface area contributed by atoms with Crippen molar-refractivity contribution in [3.63, 3.8) is 0 Å². The topological polar surface area (TPSA) is 40.5 Å². The molecule has 0 radical (unpaired) electrons. The van der Waals surface area contributed by atoms with E-state index in [-0.39, 0.29) is 0 Å². The van der Waals surface area contributed by atoms with E-state index < -0.39 is 5.97 Å². The SMILES string of the molecule is CN(C=CC(=O)O)Cc1cccc(Br)c1. The fourth-order valence-corrected chi connectivity index (χ4v) is 1.61. The monoisotopic (exact) mass is 269 g/mol. The van der Waals surface area contributed by atoms with E-state index >= 15 is 0 Å². The molecular weight excluding hydrogens is 258 g/mol. The molecule has 0 aliphatic carbocycles. The number of hydrogen-bond donors (Lipinski definition) is 1. The van der Waals surface area contributed by atoms with Crippen LogP contribution in [0.4, 0.5) is 0 Å². The van der Waals surface area contributed by atoms with E-state index in [4.69, 9.17) is 5.11 Å². The van der Waals surface area contributed by atoms with Crippen LogP contribution < -0.4 is 0 Å². The summed E-state index contributed by atoms with van der Waals surface area (Å²) in [5, 5.41) is 8.45. The molecule has 0 unspecified atom stereocenters. The third-order valence-electron chi connectivity index (χ3n) is 1.79. The highest BCUT2D eigenvalue weighted by atomic mass is 79.9. The van der Waals surface area contributed by atoms with Gasteiger partial charge in [0.05, 0.1) is 0 Å². The van der Waals surface area contributed by atoms with Crippen molar-refractivity contribution in [3.05, 3.63) is 46.6 Å². The lowest BCUT2D eigenvalue weighted by atomic mass is 10.2. The number of rotatable bonds is 4. The van der Waals surface area contributed by atoms with Gasteiger partial charge in [0.15, 0.2) is 0 Å². The summed E-state index contributed by atoms with van der Waals surface area (Å²) in [4.78, 5) is 12.1. The van der Waals surface area contributed by atoms with Crippen molar-refractivity contribution in [2.24, 2.45) is 0 Å². The van der Waals surface area contributed by atoms with Gasteiger partial charge in [-0.15, -0.1) is 0 Å². The highest BCUT2D eigenvalue weighted by Gasteiger charge is 1.97. The Morgan fingerprint density at radius 1 is 1.60 bits per heavy atom. The van der Waals surface area contributed by atoms with Gasteiger partial charge in [-0.1, -0.05) is 28.1 Å². The molecule has 3 nitrogen and oxygen atoms in total. The summed E-state index contributed by atoms with van der Waals surface area (Å²) >= 11 is 3.38. The van der Waals surface area contributed by atoms with Crippen LogP contribution in [0.25, 0.3) is 0 Å². The minimum Gasteiger partial charge on any atom is -0.478 e. The molecule has 0 heterocycles. The Hall–Kier alpha value is -1.29. The second-order valence-electron chi connectivity index (χ2n) is 3.20. The Morgan fingerprint density at radius 3 is 2.93 bits per heavy atom. The molecule has 1 aromatic rings. The zero-order valence-corrected chi connectivity index (χ0v) is 9.94. The van der Waals surface area contributed by atoms with Crippen LogP contribution >= 0.6 is 15.9 Å². The van der Waals surface area contributed by atoms with Gasteiger partial charge in [0.2, 0.25) is 0 Å². The van der Waals surface area contributed by atoms with Crippen molar-refractivity contribution >= 4 is 21.9 Å². The molecule has 0 spiro atoms. The quantitative estimate of drug-likeness (QED) is 0.854.